The Morgan fingerprint density at radius 2 is 1.62 bits per heavy atom. The van der Waals surface area contributed by atoms with Gasteiger partial charge in [-0.1, -0.05) is 15.9 Å². The molecule has 2 nitrogen and oxygen atoms in total. The van der Waals surface area contributed by atoms with Crippen molar-refractivity contribution in [3.8, 4) is 0 Å². The Hall–Kier alpha value is 0.400. The molecule has 0 unspecified atom stereocenters. The zero-order valence-corrected chi connectivity index (χ0v) is 10.6. The van der Waals surface area contributed by atoms with Gasteiger partial charge in [0.25, 0.3) is 0 Å². The molecule has 0 N–H and O–H groups in total. The van der Waals surface area contributed by atoms with Crippen LogP contribution in [0.1, 0.15) is 6.42 Å². The zero-order valence-electron chi connectivity index (χ0n) is 9.01. The first-order valence-electron chi connectivity index (χ1n) is 6.76. The van der Waals surface area contributed by atoms with Crippen molar-refractivity contribution >= 4 is 15.9 Å². The van der Waals surface area contributed by atoms with Crippen LogP contribution in [0, 0.1) is 47.3 Å². The molecule has 7 fully saturated rings. The van der Waals surface area contributed by atoms with Crippen molar-refractivity contribution in [1.29, 1.82) is 0 Å². The highest BCUT2D eigenvalue weighted by Gasteiger charge is 2.88. The predicted molar refractivity (Wildman–Crippen MR) is 59.9 cm³/mol. The largest absolute Gasteiger partial charge is 0.347 e. The van der Waals surface area contributed by atoms with Gasteiger partial charge in [-0.2, -0.15) is 0 Å². The van der Waals surface area contributed by atoms with E-state index in [1.165, 1.54) is 6.42 Å². The predicted octanol–water partition coefficient (Wildman–Crippen LogP) is 1.88. The summed E-state index contributed by atoms with van der Waals surface area (Å²) >= 11 is 4.01. The minimum atomic E-state index is -0.101. The van der Waals surface area contributed by atoms with E-state index in [1.54, 1.807) is 0 Å². The number of rotatable bonds is 0. The maximum Gasteiger partial charge on any atom is 0.175 e. The molecule has 86 valence electrons. The van der Waals surface area contributed by atoms with Crippen molar-refractivity contribution in [2.45, 2.75) is 17.0 Å². The van der Waals surface area contributed by atoms with Crippen LogP contribution >= 0.6 is 15.9 Å². The van der Waals surface area contributed by atoms with Crippen LogP contribution in [0.4, 0.5) is 0 Å². The molecule has 9 atom stereocenters. The van der Waals surface area contributed by atoms with E-state index in [-0.39, 0.29) is 5.79 Å². The molecule has 6 saturated carbocycles. The SMILES string of the molecule is Br[C@H]1[C@@H]2[C@H]3[C@@H]4C[C@H]5[C@@H]([C@@H]14)[C@@H]2C1(OCCO1)[C@@H]53. The lowest BCUT2D eigenvalue weighted by atomic mass is 9.71. The van der Waals surface area contributed by atoms with Crippen molar-refractivity contribution < 1.29 is 9.47 Å². The number of hydrogen-bond donors (Lipinski definition) is 0. The molecule has 7 rings (SSSR count). The summed E-state index contributed by atoms with van der Waals surface area (Å²) in [6.07, 6.45) is 1.49. The molecule has 0 amide bonds. The molecule has 1 heterocycles. The molecule has 3 heteroatoms. The molecule has 1 saturated heterocycles. The Kier molecular flexibility index (Phi) is 1.15. The number of hydrogen-bond acceptors (Lipinski definition) is 2. The monoisotopic (exact) mass is 282 g/mol. The first-order valence-corrected chi connectivity index (χ1v) is 7.68. The number of alkyl halides is 1. The molecule has 0 radical (unpaired) electrons. The Morgan fingerprint density at radius 3 is 2.38 bits per heavy atom. The Morgan fingerprint density at radius 1 is 0.875 bits per heavy atom. The van der Waals surface area contributed by atoms with Crippen LogP contribution in [0.15, 0.2) is 0 Å². The van der Waals surface area contributed by atoms with Crippen LogP contribution in [0.25, 0.3) is 0 Å². The van der Waals surface area contributed by atoms with E-state index >= 15 is 0 Å². The van der Waals surface area contributed by atoms with Crippen LogP contribution in [-0.2, 0) is 9.47 Å². The maximum absolute atomic E-state index is 6.17. The average molecular weight is 283 g/mol. The highest BCUT2D eigenvalue weighted by Crippen LogP contribution is 2.87. The Bertz CT molecular complexity index is 403. The van der Waals surface area contributed by atoms with Gasteiger partial charge in [0, 0.05) is 16.7 Å². The molecule has 6 bridgehead atoms. The highest BCUT2D eigenvalue weighted by molar-refractivity contribution is 9.09. The lowest BCUT2D eigenvalue weighted by Gasteiger charge is -2.32. The van der Waals surface area contributed by atoms with E-state index in [4.69, 9.17) is 9.47 Å². The molecule has 6 aliphatic carbocycles. The summed E-state index contributed by atoms with van der Waals surface area (Å²) in [4.78, 5) is 0.791. The standard InChI is InChI=1S/C13H15BrO2/c14-12-8-4-3-5-7(8)11-9(12)6(4)10(5)13(11)15-1-2-16-13/h4-12H,1-3H2/t4-,5-,6+,7-,8-,9+,10-,11-,12+/m0/s1. The van der Waals surface area contributed by atoms with Crippen LogP contribution in [0.5, 0.6) is 0 Å². The third kappa shape index (κ3) is 0.537. The topological polar surface area (TPSA) is 18.5 Å². The summed E-state index contributed by atoms with van der Waals surface area (Å²) < 4.78 is 12.3. The van der Waals surface area contributed by atoms with Gasteiger partial charge in [-0.15, -0.1) is 0 Å². The van der Waals surface area contributed by atoms with Gasteiger partial charge in [-0.05, 0) is 41.9 Å². The van der Waals surface area contributed by atoms with Gasteiger partial charge < -0.3 is 9.47 Å². The fourth-order valence-electron chi connectivity index (χ4n) is 7.35. The second kappa shape index (κ2) is 2.17. The van der Waals surface area contributed by atoms with E-state index in [9.17, 15) is 0 Å². The van der Waals surface area contributed by atoms with Crippen molar-refractivity contribution in [2.75, 3.05) is 13.2 Å². The first-order chi connectivity index (χ1) is 7.84. The summed E-state index contributed by atoms with van der Waals surface area (Å²) in [7, 11) is 0. The third-order valence-corrected chi connectivity index (χ3v) is 8.25. The van der Waals surface area contributed by atoms with Gasteiger partial charge in [-0.3, -0.25) is 0 Å². The highest BCUT2D eigenvalue weighted by atomic mass is 79.9. The van der Waals surface area contributed by atoms with Crippen molar-refractivity contribution in [1.82, 2.24) is 0 Å². The molecule has 16 heavy (non-hydrogen) atoms. The molecule has 0 aromatic rings. The molecule has 0 aromatic carbocycles. The second-order valence-corrected chi connectivity index (χ2v) is 7.84. The second-order valence-electron chi connectivity index (χ2n) is 6.79. The fourth-order valence-corrected chi connectivity index (χ4v) is 8.77. The molecule has 1 spiro atoms. The normalized spacial score (nSPS) is 74.4. The summed E-state index contributed by atoms with van der Waals surface area (Å²) in [5, 5.41) is 0. The third-order valence-electron chi connectivity index (χ3n) is 7.02. The van der Waals surface area contributed by atoms with Gasteiger partial charge in [0.1, 0.15) is 0 Å². The minimum Gasteiger partial charge on any atom is -0.347 e. The van der Waals surface area contributed by atoms with Crippen molar-refractivity contribution in [3.63, 3.8) is 0 Å². The van der Waals surface area contributed by atoms with Gasteiger partial charge >= 0.3 is 0 Å². The Labute approximate surface area is 103 Å². The van der Waals surface area contributed by atoms with Crippen LogP contribution in [-0.4, -0.2) is 23.8 Å². The summed E-state index contributed by atoms with van der Waals surface area (Å²) in [6.45, 7) is 1.68. The maximum atomic E-state index is 6.17. The smallest absolute Gasteiger partial charge is 0.175 e. The number of halogens is 1. The lowest BCUT2D eigenvalue weighted by Crippen LogP contribution is -2.37. The van der Waals surface area contributed by atoms with Gasteiger partial charge in [0.15, 0.2) is 5.79 Å². The van der Waals surface area contributed by atoms with Crippen LogP contribution in [0.2, 0.25) is 0 Å². The molecular weight excluding hydrogens is 268 g/mol. The Balaban J connectivity index is 1.65. The van der Waals surface area contributed by atoms with Gasteiger partial charge in [0.2, 0.25) is 0 Å². The molecular formula is C13H15BrO2. The lowest BCUT2D eigenvalue weighted by molar-refractivity contribution is -0.195. The van der Waals surface area contributed by atoms with Crippen molar-refractivity contribution in [2.24, 2.45) is 47.3 Å². The zero-order chi connectivity index (χ0) is 10.2. The minimum absolute atomic E-state index is 0.101. The average Bonchev–Trinajstić information content (AvgIpc) is 3.01. The quantitative estimate of drug-likeness (QED) is 0.632. The van der Waals surface area contributed by atoms with E-state index in [0.29, 0.717) is 0 Å². The summed E-state index contributed by atoms with van der Waals surface area (Å²) in [6, 6.07) is 0. The molecule has 7 aliphatic rings. The van der Waals surface area contributed by atoms with E-state index < -0.39 is 0 Å². The van der Waals surface area contributed by atoms with Crippen LogP contribution in [0.3, 0.4) is 0 Å². The fraction of sp³-hybridized carbons (Fsp3) is 1.00. The van der Waals surface area contributed by atoms with E-state index in [0.717, 1.165) is 65.4 Å². The van der Waals surface area contributed by atoms with E-state index in [2.05, 4.69) is 15.9 Å². The van der Waals surface area contributed by atoms with Crippen LogP contribution < -0.4 is 0 Å². The van der Waals surface area contributed by atoms with Gasteiger partial charge in [0.05, 0.1) is 13.2 Å². The van der Waals surface area contributed by atoms with Crippen molar-refractivity contribution in [3.05, 3.63) is 0 Å². The first kappa shape index (κ1) is 8.49. The molecule has 0 aromatic heterocycles. The van der Waals surface area contributed by atoms with E-state index in [1.807, 2.05) is 0 Å². The summed E-state index contributed by atoms with van der Waals surface area (Å²) in [5.41, 5.74) is 0. The number of ether oxygens (including phenoxy) is 2. The molecule has 1 aliphatic heterocycles. The van der Waals surface area contributed by atoms with Gasteiger partial charge in [-0.25, -0.2) is 0 Å². The summed E-state index contributed by atoms with van der Waals surface area (Å²) in [5.74, 6) is 7.19.